The first-order valence-electron chi connectivity index (χ1n) is 8.21. The van der Waals surface area contributed by atoms with Gasteiger partial charge in [0.15, 0.2) is 11.5 Å². The Bertz CT molecular complexity index is 706. The maximum atomic E-state index is 13.1. The molecule has 2 fully saturated rings. The summed E-state index contributed by atoms with van der Waals surface area (Å²) in [5.74, 6) is 0.229. The zero-order valence-electron chi connectivity index (χ0n) is 13.0. The fraction of sp³-hybridized carbons (Fsp3) is 0.529. The van der Waals surface area contributed by atoms with E-state index in [1.54, 1.807) is 17.0 Å². The number of hydrogen-bond donors (Lipinski definition) is 1. The minimum atomic E-state index is -0.919. The van der Waals surface area contributed by atoms with Crippen LogP contribution in [0, 0.1) is 5.92 Å². The molecule has 0 bridgehead atoms. The van der Waals surface area contributed by atoms with Crippen LogP contribution in [0.15, 0.2) is 16.6 Å². The van der Waals surface area contributed by atoms with Crippen molar-refractivity contribution >= 4 is 27.8 Å². The van der Waals surface area contributed by atoms with Gasteiger partial charge >= 0.3 is 5.97 Å². The number of fused-ring (bicyclic) bond motifs is 2. The summed E-state index contributed by atoms with van der Waals surface area (Å²) in [5, 5.41) is 9.59. The summed E-state index contributed by atoms with van der Waals surface area (Å²) in [6, 6.07) is 2.61. The molecule has 6 nitrogen and oxygen atoms in total. The Morgan fingerprint density at radius 1 is 1.21 bits per heavy atom. The molecule has 1 amide bonds. The molecular weight excluding hydrogens is 378 g/mol. The van der Waals surface area contributed by atoms with Crippen LogP contribution < -0.4 is 9.47 Å². The van der Waals surface area contributed by atoms with Crippen LogP contribution in [0.25, 0.3) is 0 Å². The number of hydrogen-bond acceptors (Lipinski definition) is 4. The van der Waals surface area contributed by atoms with Crippen molar-refractivity contribution in [3.8, 4) is 11.5 Å². The number of carbonyl (C=O) groups is 2. The highest BCUT2D eigenvalue weighted by atomic mass is 79.9. The molecule has 128 valence electrons. The first-order valence-corrected chi connectivity index (χ1v) is 9.00. The molecule has 3 unspecified atom stereocenters. The predicted molar refractivity (Wildman–Crippen MR) is 88.2 cm³/mol. The Balaban J connectivity index is 1.69. The van der Waals surface area contributed by atoms with E-state index in [0.29, 0.717) is 33.9 Å². The van der Waals surface area contributed by atoms with Crippen molar-refractivity contribution in [1.29, 1.82) is 0 Å². The standard InChI is InChI=1S/C17H18BrNO5/c18-11-5-10(7-14-15(11)24-8-23-14)16(20)19-12-4-2-1-3-9(12)6-13(19)17(21)22/h5,7,9,12-13H,1-4,6,8H2,(H,21,22). The number of aliphatic carboxylic acids is 1. The summed E-state index contributed by atoms with van der Waals surface area (Å²) >= 11 is 3.40. The second-order valence-electron chi connectivity index (χ2n) is 6.61. The van der Waals surface area contributed by atoms with E-state index in [1.807, 2.05) is 0 Å². The maximum Gasteiger partial charge on any atom is 0.326 e. The summed E-state index contributed by atoms with van der Waals surface area (Å²) in [5.41, 5.74) is 0.434. The number of carboxylic acids is 1. The Hall–Kier alpha value is -1.76. The molecule has 0 spiro atoms. The van der Waals surface area contributed by atoms with Crippen LogP contribution in [0.2, 0.25) is 0 Å². The average molecular weight is 396 g/mol. The number of carboxylic acid groups (broad SMARTS) is 1. The number of likely N-dealkylation sites (tertiary alicyclic amines) is 1. The number of benzene rings is 1. The number of amides is 1. The second-order valence-corrected chi connectivity index (χ2v) is 7.46. The first-order chi connectivity index (χ1) is 11.6. The van der Waals surface area contributed by atoms with Crippen molar-refractivity contribution in [2.45, 2.75) is 44.2 Å². The number of halogens is 1. The fourth-order valence-electron chi connectivity index (χ4n) is 4.21. The van der Waals surface area contributed by atoms with E-state index >= 15 is 0 Å². The van der Waals surface area contributed by atoms with Crippen LogP contribution in [0.3, 0.4) is 0 Å². The summed E-state index contributed by atoms with van der Waals surface area (Å²) in [7, 11) is 0. The van der Waals surface area contributed by atoms with Gasteiger partial charge in [0.1, 0.15) is 6.04 Å². The number of ether oxygens (including phenoxy) is 2. The lowest BCUT2D eigenvalue weighted by Crippen LogP contribution is -2.46. The predicted octanol–water partition coefficient (Wildman–Crippen LogP) is 3.04. The van der Waals surface area contributed by atoms with Gasteiger partial charge < -0.3 is 19.5 Å². The van der Waals surface area contributed by atoms with Gasteiger partial charge in [0.25, 0.3) is 5.91 Å². The highest BCUT2D eigenvalue weighted by Crippen LogP contribution is 2.43. The third kappa shape index (κ3) is 2.46. The highest BCUT2D eigenvalue weighted by Gasteiger charge is 2.47. The largest absolute Gasteiger partial charge is 0.480 e. The Morgan fingerprint density at radius 3 is 2.79 bits per heavy atom. The third-order valence-electron chi connectivity index (χ3n) is 5.28. The van der Waals surface area contributed by atoms with Crippen LogP contribution >= 0.6 is 15.9 Å². The van der Waals surface area contributed by atoms with E-state index in [9.17, 15) is 14.7 Å². The molecule has 0 aromatic heterocycles. The fourth-order valence-corrected chi connectivity index (χ4v) is 4.77. The van der Waals surface area contributed by atoms with E-state index in [4.69, 9.17) is 9.47 Å². The van der Waals surface area contributed by atoms with Crippen LogP contribution in [0.1, 0.15) is 42.5 Å². The van der Waals surface area contributed by atoms with Gasteiger partial charge in [0.2, 0.25) is 6.79 Å². The van der Waals surface area contributed by atoms with Crippen LogP contribution in [0.5, 0.6) is 11.5 Å². The van der Waals surface area contributed by atoms with Gasteiger partial charge in [-0.05, 0) is 53.2 Å². The summed E-state index contributed by atoms with van der Waals surface area (Å²) in [4.78, 5) is 26.4. The van der Waals surface area contributed by atoms with Gasteiger partial charge in [-0.2, -0.15) is 0 Å². The number of nitrogens with zero attached hydrogens (tertiary/aromatic N) is 1. The molecule has 1 saturated carbocycles. The molecule has 0 radical (unpaired) electrons. The van der Waals surface area contributed by atoms with Gasteiger partial charge in [-0.1, -0.05) is 12.8 Å². The molecule has 7 heteroatoms. The van der Waals surface area contributed by atoms with Crippen molar-refractivity contribution in [1.82, 2.24) is 4.90 Å². The summed E-state index contributed by atoms with van der Waals surface area (Å²) in [6.45, 7) is 0.123. The summed E-state index contributed by atoms with van der Waals surface area (Å²) < 4.78 is 11.4. The Kier molecular flexibility index (Phi) is 3.90. The average Bonchev–Trinajstić information content (AvgIpc) is 3.18. The van der Waals surface area contributed by atoms with Crippen molar-refractivity contribution in [3.05, 3.63) is 22.2 Å². The van der Waals surface area contributed by atoms with Crippen molar-refractivity contribution in [2.24, 2.45) is 5.92 Å². The van der Waals surface area contributed by atoms with Crippen LogP contribution in [-0.4, -0.2) is 40.8 Å². The third-order valence-corrected chi connectivity index (χ3v) is 5.87. The lowest BCUT2D eigenvalue weighted by Gasteiger charge is -2.33. The molecule has 2 heterocycles. The van der Waals surface area contributed by atoms with E-state index in [2.05, 4.69) is 15.9 Å². The van der Waals surface area contributed by atoms with Gasteiger partial charge in [0, 0.05) is 11.6 Å². The quantitative estimate of drug-likeness (QED) is 0.832. The van der Waals surface area contributed by atoms with Crippen molar-refractivity contribution in [3.63, 3.8) is 0 Å². The topological polar surface area (TPSA) is 76.1 Å². The highest BCUT2D eigenvalue weighted by molar-refractivity contribution is 9.10. The number of rotatable bonds is 2. The number of carbonyl (C=O) groups excluding carboxylic acids is 1. The van der Waals surface area contributed by atoms with Gasteiger partial charge in [-0.25, -0.2) is 4.79 Å². The molecule has 1 aromatic carbocycles. The lowest BCUT2D eigenvalue weighted by molar-refractivity contribution is -0.141. The van der Waals surface area contributed by atoms with Gasteiger partial charge in [-0.3, -0.25) is 4.79 Å². The van der Waals surface area contributed by atoms with Crippen LogP contribution in [-0.2, 0) is 4.79 Å². The lowest BCUT2D eigenvalue weighted by atomic mass is 9.84. The first kappa shape index (κ1) is 15.7. The molecule has 1 saturated heterocycles. The second kappa shape index (κ2) is 5.95. The minimum absolute atomic E-state index is 0.0246. The van der Waals surface area contributed by atoms with Crippen molar-refractivity contribution < 1.29 is 24.2 Å². The minimum Gasteiger partial charge on any atom is -0.480 e. The van der Waals surface area contributed by atoms with E-state index in [1.165, 1.54) is 0 Å². The Morgan fingerprint density at radius 2 is 2.00 bits per heavy atom. The molecule has 3 atom stereocenters. The van der Waals surface area contributed by atoms with Gasteiger partial charge in [-0.15, -0.1) is 0 Å². The van der Waals surface area contributed by atoms with E-state index < -0.39 is 12.0 Å². The van der Waals surface area contributed by atoms with Crippen molar-refractivity contribution in [2.75, 3.05) is 6.79 Å². The zero-order chi connectivity index (χ0) is 16.8. The normalized spacial score (nSPS) is 27.9. The van der Waals surface area contributed by atoms with Crippen LogP contribution in [0.4, 0.5) is 0 Å². The molecule has 1 N–H and O–H groups in total. The maximum absolute atomic E-state index is 13.1. The molecule has 2 aliphatic heterocycles. The molecular formula is C17H18BrNO5. The zero-order valence-corrected chi connectivity index (χ0v) is 14.6. The van der Waals surface area contributed by atoms with Gasteiger partial charge in [0.05, 0.1) is 4.47 Å². The molecule has 3 aliphatic rings. The summed E-state index contributed by atoms with van der Waals surface area (Å²) in [6.07, 6.45) is 4.60. The molecule has 4 rings (SSSR count). The molecule has 1 aliphatic carbocycles. The SMILES string of the molecule is O=C(O)C1CC2CCCCC2N1C(=O)c1cc(Br)c2c(c1)OCO2. The molecule has 24 heavy (non-hydrogen) atoms. The monoisotopic (exact) mass is 395 g/mol. The Labute approximate surface area is 147 Å². The van der Waals surface area contributed by atoms with E-state index in [0.717, 1.165) is 25.7 Å². The smallest absolute Gasteiger partial charge is 0.326 e. The molecule has 1 aromatic rings. The van der Waals surface area contributed by atoms with E-state index in [-0.39, 0.29) is 18.7 Å².